The minimum absolute atomic E-state index is 0.273. The van der Waals surface area contributed by atoms with E-state index in [1.54, 1.807) is 0 Å². The Labute approximate surface area is 85.8 Å². The summed E-state index contributed by atoms with van der Waals surface area (Å²) in [5.74, 6) is 0. The van der Waals surface area contributed by atoms with Gasteiger partial charge in [0.15, 0.2) is 0 Å². The molecule has 5 atom stereocenters. The van der Waals surface area contributed by atoms with E-state index in [4.69, 9.17) is 9.84 Å². The van der Waals surface area contributed by atoms with Gasteiger partial charge in [-0.2, -0.15) is 0 Å². The van der Waals surface area contributed by atoms with Gasteiger partial charge in [0.2, 0.25) is 0 Å². The highest BCUT2D eigenvalue weighted by molar-refractivity contribution is 8.14. The Kier molecular flexibility index (Phi) is 2.81. The third-order valence-corrected chi connectivity index (χ3v) is 3.53. The molecule has 80 valence electrons. The van der Waals surface area contributed by atoms with Crippen LogP contribution in [0, 0.1) is 0 Å². The Morgan fingerprint density at radius 1 is 1.43 bits per heavy atom. The molecule has 0 aromatic rings. The number of thioether (sulfide) groups is 1. The van der Waals surface area contributed by atoms with Gasteiger partial charge in [-0.25, -0.2) is 0 Å². The maximum Gasteiger partial charge on any atom is 0.134 e. The van der Waals surface area contributed by atoms with Gasteiger partial charge in [0, 0.05) is 0 Å². The fourth-order valence-electron chi connectivity index (χ4n) is 1.71. The standard InChI is InChI=1S/C8H13NO4S/c1-3-9-5-7(12)6(11)4(2-10)13-8(5)14-3/h4-8,10-12H,2H2,1H3/t4-,5?,6-,7-,8?/m1/s1. The first-order chi connectivity index (χ1) is 6.63. The second kappa shape index (κ2) is 3.79. The SMILES string of the molecule is CC1=NC2C(O[C@H](CO)[C@@H](O)[C@@H]2O)S1. The summed E-state index contributed by atoms with van der Waals surface area (Å²) < 4.78 is 5.40. The molecular formula is C8H13NO4S. The van der Waals surface area contributed by atoms with Crippen molar-refractivity contribution in [2.45, 2.75) is 36.7 Å². The lowest BCUT2D eigenvalue weighted by molar-refractivity contribution is -0.164. The Morgan fingerprint density at radius 2 is 2.14 bits per heavy atom. The topological polar surface area (TPSA) is 82.3 Å². The van der Waals surface area contributed by atoms with Crippen LogP contribution in [0.4, 0.5) is 0 Å². The van der Waals surface area contributed by atoms with E-state index in [1.165, 1.54) is 11.8 Å². The van der Waals surface area contributed by atoms with Crippen LogP contribution in [0.2, 0.25) is 0 Å². The van der Waals surface area contributed by atoms with Gasteiger partial charge in [0.05, 0.1) is 11.7 Å². The first kappa shape index (κ1) is 10.4. The van der Waals surface area contributed by atoms with Gasteiger partial charge in [-0.05, 0) is 6.92 Å². The fraction of sp³-hybridized carbons (Fsp3) is 0.875. The summed E-state index contributed by atoms with van der Waals surface area (Å²) >= 11 is 1.42. The van der Waals surface area contributed by atoms with E-state index >= 15 is 0 Å². The number of hydrogen-bond acceptors (Lipinski definition) is 6. The summed E-state index contributed by atoms with van der Waals surface area (Å²) in [4.78, 5) is 4.17. The minimum atomic E-state index is -1.06. The average Bonchev–Trinajstić information content (AvgIpc) is 2.52. The molecular weight excluding hydrogens is 206 g/mol. The zero-order valence-electron chi connectivity index (χ0n) is 7.70. The van der Waals surface area contributed by atoms with Crippen LogP contribution in [-0.4, -0.2) is 56.8 Å². The molecule has 0 amide bonds. The summed E-state index contributed by atoms with van der Waals surface area (Å²) in [6.07, 6.45) is -2.72. The van der Waals surface area contributed by atoms with Crippen molar-refractivity contribution >= 4 is 16.8 Å². The van der Waals surface area contributed by atoms with E-state index in [0.29, 0.717) is 0 Å². The number of hydrogen-bond donors (Lipinski definition) is 3. The molecule has 2 rings (SSSR count). The first-order valence-electron chi connectivity index (χ1n) is 4.47. The van der Waals surface area contributed by atoms with Crippen LogP contribution in [0.3, 0.4) is 0 Å². The van der Waals surface area contributed by atoms with Crippen LogP contribution < -0.4 is 0 Å². The molecule has 0 radical (unpaired) electrons. The lowest BCUT2D eigenvalue weighted by Crippen LogP contribution is -2.55. The Hall–Kier alpha value is -0.140. The predicted molar refractivity (Wildman–Crippen MR) is 52.2 cm³/mol. The van der Waals surface area contributed by atoms with E-state index in [2.05, 4.69) is 4.99 Å². The van der Waals surface area contributed by atoms with Crippen molar-refractivity contribution in [3.8, 4) is 0 Å². The van der Waals surface area contributed by atoms with Crippen molar-refractivity contribution < 1.29 is 20.1 Å². The van der Waals surface area contributed by atoms with Crippen LogP contribution in [0.5, 0.6) is 0 Å². The fourth-order valence-corrected chi connectivity index (χ4v) is 2.79. The Morgan fingerprint density at radius 3 is 2.79 bits per heavy atom. The minimum Gasteiger partial charge on any atom is -0.394 e. The summed E-state index contributed by atoms with van der Waals surface area (Å²) in [6.45, 7) is 1.54. The van der Waals surface area contributed by atoms with E-state index in [1.807, 2.05) is 6.92 Å². The van der Waals surface area contributed by atoms with E-state index in [-0.39, 0.29) is 12.0 Å². The summed E-state index contributed by atoms with van der Waals surface area (Å²) in [5, 5.41) is 29.0. The molecule has 0 spiro atoms. The van der Waals surface area contributed by atoms with Crippen molar-refractivity contribution in [3.63, 3.8) is 0 Å². The second-order valence-electron chi connectivity index (χ2n) is 3.46. The third-order valence-electron chi connectivity index (χ3n) is 2.47. The van der Waals surface area contributed by atoms with Gasteiger partial charge < -0.3 is 20.1 Å². The lowest BCUT2D eigenvalue weighted by Gasteiger charge is -2.37. The van der Waals surface area contributed by atoms with Crippen LogP contribution in [0.1, 0.15) is 6.92 Å². The summed E-state index contributed by atoms with van der Waals surface area (Å²) in [6, 6.07) is -0.405. The number of aliphatic hydroxyl groups excluding tert-OH is 3. The van der Waals surface area contributed by atoms with Crippen LogP contribution in [0.15, 0.2) is 4.99 Å². The second-order valence-corrected chi connectivity index (χ2v) is 4.75. The van der Waals surface area contributed by atoms with Gasteiger partial charge in [0.1, 0.15) is 29.8 Å². The number of ether oxygens (including phenoxy) is 1. The molecule has 0 bridgehead atoms. The van der Waals surface area contributed by atoms with Crippen LogP contribution in [0.25, 0.3) is 0 Å². The molecule has 14 heavy (non-hydrogen) atoms. The van der Waals surface area contributed by atoms with Crippen molar-refractivity contribution in [1.82, 2.24) is 0 Å². The molecule has 6 heteroatoms. The predicted octanol–water partition coefficient (Wildman–Crippen LogP) is -1.04. The molecule has 0 aromatic heterocycles. The maximum atomic E-state index is 9.71. The van der Waals surface area contributed by atoms with Crippen molar-refractivity contribution in [3.05, 3.63) is 0 Å². The highest BCUT2D eigenvalue weighted by Gasteiger charge is 2.47. The molecule has 0 aromatic carbocycles. The third kappa shape index (κ3) is 1.57. The maximum absolute atomic E-state index is 9.71. The van der Waals surface area contributed by atoms with E-state index < -0.39 is 24.4 Å². The van der Waals surface area contributed by atoms with Crippen molar-refractivity contribution in [2.75, 3.05) is 6.61 Å². The monoisotopic (exact) mass is 219 g/mol. The Balaban J connectivity index is 2.14. The van der Waals surface area contributed by atoms with Gasteiger partial charge in [0.25, 0.3) is 0 Å². The molecule has 2 aliphatic rings. The summed E-state index contributed by atoms with van der Waals surface area (Å²) in [5.41, 5.74) is -0.273. The van der Waals surface area contributed by atoms with Crippen molar-refractivity contribution in [2.24, 2.45) is 4.99 Å². The molecule has 1 fully saturated rings. The van der Waals surface area contributed by atoms with Gasteiger partial charge in [-0.1, -0.05) is 11.8 Å². The number of aliphatic hydroxyl groups is 3. The zero-order valence-corrected chi connectivity index (χ0v) is 8.52. The van der Waals surface area contributed by atoms with Gasteiger partial charge in [-0.15, -0.1) is 0 Å². The quantitative estimate of drug-likeness (QED) is 0.525. The van der Waals surface area contributed by atoms with Crippen LogP contribution >= 0.6 is 11.8 Å². The number of fused-ring (bicyclic) bond motifs is 1. The lowest BCUT2D eigenvalue weighted by atomic mass is 9.99. The Bertz CT molecular complexity index is 260. The molecule has 2 heterocycles. The number of rotatable bonds is 1. The molecule has 2 aliphatic heterocycles. The molecule has 2 unspecified atom stereocenters. The number of nitrogens with zero attached hydrogens (tertiary/aromatic N) is 1. The van der Waals surface area contributed by atoms with Gasteiger partial charge >= 0.3 is 0 Å². The smallest absolute Gasteiger partial charge is 0.134 e. The van der Waals surface area contributed by atoms with Crippen LogP contribution in [-0.2, 0) is 4.74 Å². The molecule has 0 saturated carbocycles. The largest absolute Gasteiger partial charge is 0.394 e. The molecule has 3 N–H and O–H groups in total. The average molecular weight is 219 g/mol. The first-order valence-corrected chi connectivity index (χ1v) is 5.35. The highest BCUT2D eigenvalue weighted by Crippen LogP contribution is 2.36. The molecule has 1 saturated heterocycles. The summed E-state index contributed by atoms with van der Waals surface area (Å²) in [7, 11) is 0. The van der Waals surface area contributed by atoms with E-state index in [9.17, 15) is 10.2 Å². The number of aliphatic imine (C=N–C) groups is 1. The normalized spacial score (nSPS) is 47.4. The van der Waals surface area contributed by atoms with Gasteiger partial charge in [-0.3, -0.25) is 4.99 Å². The zero-order chi connectivity index (χ0) is 10.3. The molecule has 5 nitrogen and oxygen atoms in total. The highest BCUT2D eigenvalue weighted by atomic mass is 32.2. The van der Waals surface area contributed by atoms with Crippen molar-refractivity contribution in [1.29, 1.82) is 0 Å². The molecule has 0 aliphatic carbocycles. The van der Waals surface area contributed by atoms with E-state index in [0.717, 1.165) is 5.04 Å².